The first-order valence-corrected chi connectivity index (χ1v) is 11.6. The molecule has 2 N–H and O–H groups in total. The summed E-state index contributed by atoms with van der Waals surface area (Å²) in [4.78, 5) is 11.7. The second-order valence-electron chi connectivity index (χ2n) is 11.3. The van der Waals surface area contributed by atoms with E-state index in [1.165, 1.54) is 38.5 Å². The van der Waals surface area contributed by atoms with E-state index in [1.807, 2.05) is 6.92 Å². The van der Waals surface area contributed by atoms with Crippen LogP contribution >= 0.6 is 0 Å². The van der Waals surface area contributed by atoms with Crippen LogP contribution in [0.5, 0.6) is 0 Å². The van der Waals surface area contributed by atoms with Crippen molar-refractivity contribution in [3.05, 3.63) is 0 Å². The van der Waals surface area contributed by atoms with Gasteiger partial charge in [-0.2, -0.15) is 0 Å². The van der Waals surface area contributed by atoms with Gasteiger partial charge >= 0.3 is 5.97 Å². The number of carbonyl (C=O) groups is 1. The summed E-state index contributed by atoms with van der Waals surface area (Å²) in [6.07, 6.45) is 11.5. The van der Waals surface area contributed by atoms with Crippen LogP contribution in [0.25, 0.3) is 0 Å². The highest BCUT2D eigenvalue weighted by Gasteiger charge is 2.61. The molecule has 0 spiro atoms. The van der Waals surface area contributed by atoms with Gasteiger partial charge in [-0.3, -0.25) is 4.79 Å². The summed E-state index contributed by atoms with van der Waals surface area (Å²) in [6.45, 7) is 9.05. The zero-order chi connectivity index (χ0) is 19.6. The Kier molecular flexibility index (Phi) is 4.73. The van der Waals surface area contributed by atoms with E-state index >= 15 is 0 Å². The van der Waals surface area contributed by atoms with Gasteiger partial charge in [0.05, 0.1) is 11.5 Å². The van der Waals surface area contributed by atoms with E-state index in [9.17, 15) is 15.0 Å². The number of hydrogen-bond donors (Lipinski definition) is 2. The van der Waals surface area contributed by atoms with E-state index in [1.54, 1.807) is 0 Å². The van der Waals surface area contributed by atoms with Crippen LogP contribution in [-0.2, 0) is 4.79 Å². The summed E-state index contributed by atoms with van der Waals surface area (Å²) < 4.78 is 0. The van der Waals surface area contributed by atoms with E-state index in [0.717, 1.165) is 37.5 Å². The van der Waals surface area contributed by atoms with Crippen molar-refractivity contribution in [2.45, 2.75) is 97.5 Å². The fourth-order valence-electron chi connectivity index (χ4n) is 8.68. The van der Waals surface area contributed by atoms with E-state index in [2.05, 4.69) is 20.8 Å². The lowest BCUT2D eigenvalue weighted by molar-refractivity contribution is -0.157. The zero-order valence-corrected chi connectivity index (χ0v) is 17.8. The lowest BCUT2D eigenvalue weighted by Crippen LogP contribution is -2.56. The smallest absolute Gasteiger partial charge is 0.306 e. The highest BCUT2D eigenvalue weighted by atomic mass is 16.4. The molecular weight excluding hydrogens is 336 g/mol. The topological polar surface area (TPSA) is 57.5 Å². The zero-order valence-electron chi connectivity index (χ0n) is 17.8. The fourth-order valence-corrected chi connectivity index (χ4v) is 8.68. The molecule has 4 fully saturated rings. The van der Waals surface area contributed by atoms with Gasteiger partial charge in [0.1, 0.15) is 0 Å². The summed E-state index contributed by atoms with van der Waals surface area (Å²) in [6, 6.07) is 0. The van der Waals surface area contributed by atoms with Crippen molar-refractivity contribution < 1.29 is 15.0 Å². The van der Waals surface area contributed by atoms with E-state index in [-0.39, 0.29) is 11.3 Å². The molecule has 0 amide bonds. The van der Waals surface area contributed by atoms with E-state index in [0.29, 0.717) is 23.2 Å². The van der Waals surface area contributed by atoms with Crippen LogP contribution in [0.3, 0.4) is 0 Å². The number of fused-ring (bicyclic) bond motifs is 5. The molecule has 3 nitrogen and oxygen atoms in total. The molecule has 4 aliphatic carbocycles. The molecule has 4 rings (SSSR count). The third kappa shape index (κ3) is 2.81. The first-order chi connectivity index (χ1) is 12.6. The Balaban J connectivity index is 1.57. The number of carboxylic acids is 1. The Labute approximate surface area is 165 Å². The molecule has 4 saturated carbocycles. The highest BCUT2D eigenvalue weighted by molar-refractivity contribution is 5.70. The number of hydrogen-bond acceptors (Lipinski definition) is 2. The van der Waals surface area contributed by atoms with Gasteiger partial charge in [0, 0.05) is 0 Å². The van der Waals surface area contributed by atoms with Gasteiger partial charge < -0.3 is 10.2 Å². The van der Waals surface area contributed by atoms with Gasteiger partial charge in [-0.25, -0.2) is 0 Å². The summed E-state index contributed by atoms with van der Waals surface area (Å²) >= 11 is 0. The molecule has 27 heavy (non-hydrogen) atoms. The van der Waals surface area contributed by atoms with Crippen molar-refractivity contribution in [2.75, 3.05) is 0 Å². The Morgan fingerprint density at radius 1 is 1.00 bits per heavy atom. The van der Waals surface area contributed by atoms with Crippen molar-refractivity contribution in [1.82, 2.24) is 0 Å². The number of carboxylic acid groups (broad SMARTS) is 1. The summed E-state index contributed by atoms with van der Waals surface area (Å²) in [5.74, 6) is 2.50. The molecule has 0 saturated heterocycles. The van der Waals surface area contributed by atoms with E-state index < -0.39 is 11.6 Å². The number of aliphatic hydroxyl groups is 1. The minimum Gasteiger partial charge on any atom is -0.481 e. The highest BCUT2D eigenvalue weighted by Crippen LogP contribution is 2.68. The first-order valence-electron chi connectivity index (χ1n) is 11.6. The monoisotopic (exact) mass is 376 g/mol. The van der Waals surface area contributed by atoms with Crippen molar-refractivity contribution >= 4 is 5.97 Å². The molecule has 0 aromatic rings. The predicted molar refractivity (Wildman–Crippen MR) is 107 cm³/mol. The predicted octanol–water partition coefficient (Wildman–Crippen LogP) is 5.51. The molecule has 4 aliphatic rings. The van der Waals surface area contributed by atoms with Gasteiger partial charge in [0.25, 0.3) is 0 Å². The molecule has 0 unspecified atom stereocenters. The standard InChI is InChI=1S/C24H40O3/c1-5-24(27)13-12-22(3)16(14-24)6-7-17-19-9-8-18(15(2)21(25)26)23(19,4)11-10-20(17)22/h15-20,27H,5-14H2,1-4H3,(H,25,26)/t15-,16-,17-,18+,19-,20-,22-,23+,24-/m0/s1. The molecule has 0 bridgehead atoms. The second kappa shape index (κ2) is 6.47. The summed E-state index contributed by atoms with van der Waals surface area (Å²) in [5, 5.41) is 20.5. The Bertz CT molecular complexity index is 602. The molecule has 3 heteroatoms. The van der Waals surface area contributed by atoms with Crippen LogP contribution in [0.1, 0.15) is 91.9 Å². The normalized spacial score (nSPS) is 53.1. The van der Waals surface area contributed by atoms with Crippen molar-refractivity contribution in [2.24, 2.45) is 46.3 Å². The lowest BCUT2D eigenvalue weighted by Gasteiger charge is -2.62. The molecular formula is C24H40O3. The van der Waals surface area contributed by atoms with Crippen molar-refractivity contribution in [1.29, 1.82) is 0 Å². The van der Waals surface area contributed by atoms with Gasteiger partial charge in [-0.15, -0.1) is 0 Å². The SMILES string of the molecule is CC[C@]1(O)CC[C@@]2(C)[C@@H](CC[C@@H]3[C@@H]2CC[C@]2(C)[C@@H]([C@H](C)C(=O)O)CC[C@@H]32)C1. The van der Waals surface area contributed by atoms with Gasteiger partial charge in [-0.05, 0) is 105 Å². The first kappa shape index (κ1) is 19.7. The summed E-state index contributed by atoms with van der Waals surface area (Å²) in [5.41, 5.74) is 0.193. The van der Waals surface area contributed by atoms with Crippen LogP contribution in [0.4, 0.5) is 0 Å². The van der Waals surface area contributed by atoms with Crippen LogP contribution in [-0.4, -0.2) is 21.8 Å². The molecule has 0 aromatic heterocycles. The lowest BCUT2D eigenvalue weighted by atomic mass is 9.43. The second-order valence-corrected chi connectivity index (χ2v) is 11.3. The van der Waals surface area contributed by atoms with Crippen LogP contribution in [0.15, 0.2) is 0 Å². The Morgan fingerprint density at radius 3 is 2.37 bits per heavy atom. The minimum absolute atomic E-state index is 0.210. The Hall–Kier alpha value is -0.570. The van der Waals surface area contributed by atoms with Gasteiger partial charge in [0.15, 0.2) is 0 Å². The number of aliphatic carboxylic acids is 1. The average molecular weight is 377 g/mol. The van der Waals surface area contributed by atoms with E-state index in [4.69, 9.17) is 0 Å². The maximum absolute atomic E-state index is 11.7. The molecule has 0 radical (unpaired) electrons. The van der Waals surface area contributed by atoms with Gasteiger partial charge in [0.2, 0.25) is 0 Å². The van der Waals surface area contributed by atoms with Crippen LogP contribution < -0.4 is 0 Å². The molecule has 0 aliphatic heterocycles. The van der Waals surface area contributed by atoms with Gasteiger partial charge in [-0.1, -0.05) is 27.7 Å². The third-order valence-corrected chi connectivity index (χ3v) is 10.5. The minimum atomic E-state index is -0.606. The molecule has 0 heterocycles. The maximum atomic E-state index is 11.7. The molecule has 154 valence electrons. The third-order valence-electron chi connectivity index (χ3n) is 10.5. The van der Waals surface area contributed by atoms with Crippen LogP contribution in [0, 0.1) is 46.3 Å². The Morgan fingerprint density at radius 2 is 1.70 bits per heavy atom. The average Bonchev–Trinajstić information content (AvgIpc) is 2.99. The largest absolute Gasteiger partial charge is 0.481 e. The summed E-state index contributed by atoms with van der Waals surface area (Å²) in [7, 11) is 0. The maximum Gasteiger partial charge on any atom is 0.306 e. The van der Waals surface area contributed by atoms with Crippen molar-refractivity contribution in [3.63, 3.8) is 0 Å². The number of rotatable bonds is 3. The molecule has 0 aromatic carbocycles. The van der Waals surface area contributed by atoms with Crippen LogP contribution in [0.2, 0.25) is 0 Å². The molecule has 9 atom stereocenters. The fraction of sp³-hybridized carbons (Fsp3) is 0.958. The van der Waals surface area contributed by atoms with Crippen molar-refractivity contribution in [3.8, 4) is 0 Å². The quantitative estimate of drug-likeness (QED) is 0.683.